The fourth-order valence-corrected chi connectivity index (χ4v) is 5.16. The van der Waals surface area contributed by atoms with Crippen LogP contribution in [-0.4, -0.2) is 60.7 Å². The standard InChI is InChI=1S/C24H32N2O7/c1-15(2)5-10-19-23(3,33-19)22-21(30-4)18(11-12-24(22)14-31-24)32-20(27)13-25-16-6-8-17(9-7-16)26(28)29/h5-9,18-19,21-22,25H,10-14H2,1-4H3. The molecular formula is C24H32N2O7. The number of esters is 1. The van der Waals surface area contributed by atoms with E-state index < -0.39 is 17.0 Å². The number of rotatable bonds is 9. The van der Waals surface area contributed by atoms with Gasteiger partial charge in [-0.25, -0.2) is 0 Å². The molecule has 9 nitrogen and oxygen atoms in total. The molecule has 180 valence electrons. The minimum Gasteiger partial charge on any atom is -0.458 e. The van der Waals surface area contributed by atoms with Crippen LogP contribution in [0.1, 0.15) is 40.0 Å². The molecule has 2 saturated heterocycles. The highest BCUT2D eigenvalue weighted by molar-refractivity contribution is 5.75. The van der Waals surface area contributed by atoms with Crippen LogP contribution >= 0.6 is 0 Å². The van der Waals surface area contributed by atoms with E-state index in [9.17, 15) is 14.9 Å². The molecule has 2 aliphatic heterocycles. The molecular weight excluding hydrogens is 428 g/mol. The van der Waals surface area contributed by atoms with Crippen molar-refractivity contribution in [3.8, 4) is 0 Å². The first-order chi connectivity index (χ1) is 15.7. The maximum absolute atomic E-state index is 12.6. The predicted octanol–water partition coefficient (Wildman–Crippen LogP) is 3.63. The number of carbonyl (C=O) groups is 1. The summed E-state index contributed by atoms with van der Waals surface area (Å²) in [4.78, 5) is 22.9. The third-order valence-electron chi connectivity index (χ3n) is 7.03. The number of nitrogens with zero attached hydrogens (tertiary/aromatic N) is 1. The zero-order valence-electron chi connectivity index (χ0n) is 19.5. The lowest BCUT2D eigenvalue weighted by molar-refractivity contribution is -0.384. The normalized spacial score (nSPS) is 34.4. The Labute approximate surface area is 193 Å². The van der Waals surface area contributed by atoms with Crippen molar-refractivity contribution in [1.29, 1.82) is 0 Å². The molecule has 1 aromatic carbocycles. The Kier molecular flexibility index (Phi) is 6.48. The lowest BCUT2D eigenvalue weighted by atomic mass is 9.68. The first-order valence-corrected chi connectivity index (χ1v) is 11.3. The van der Waals surface area contributed by atoms with Crippen molar-refractivity contribution in [2.75, 3.05) is 25.6 Å². The summed E-state index contributed by atoms with van der Waals surface area (Å²) in [5.41, 5.74) is 1.20. The van der Waals surface area contributed by atoms with E-state index in [-0.39, 0.29) is 41.6 Å². The number of non-ortho nitro benzene ring substituents is 1. The van der Waals surface area contributed by atoms with Crippen LogP contribution in [0.2, 0.25) is 0 Å². The summed E-state index contributed by atoms with van der Waals surface area (Å²) in [6.07, 6.45) is 3.84. The number of epoxide rings is 2. The molecule has 1 aliphatic carbocycles. The number of benzene rings is 1. The highest BCUT2D eigenvalue weighted by Gasteiger charge is 2.72. The third-order valence-corrected chi connectivity index (χ3v) is 7.03. The Balaban J connectivity index is 1.38. The van der Waals surface area contributed by atoms with Crippen LogP contribution in [0.4, 0.5) is 11.4 Å². The van der Waals surface area contributed by atoms with Gasteiger partial charge in [-0.3, -0.25) is 14.9 Å². The molecule has 1 saturated carbocycles. The molecule has 0 aromatic heterocycles. The van der Waals surface area contributed by atoms with Crippen LogP contribution in [0.3, 0.4) is 0 Å². The molecule has 6 atom stereocenters. The number of allylic oxidation sites excluding steroid dienone is 1. The fourth-order valence-electron chi connectivity index (χ4n) is 5.16. The van der Waals surface area contributed by atoms with Gasteiger partial charge in [0.05, 0.1) is 23.6 Å². The summed E-state index contributed by atoms with van der Waals surface area (Å²) in [5, 5.41) is 13.7. The van der Waals surface area contributed by atoms with Crippen molar-refractivity contribution in [1.82, 2.24) is 0 Å². The molecule has 4 rings (SSSR count). The highest BCUT2D eigenvalue weighted by Crippen LogP contribution is 2.59. The van der Waals surface area contributed by atoms with E-state index in [1.54, 1.807) is 19.2 Å². The maximum atomic E-state index is 12.6. The van der Waals surface area contributed by atoms with Crippen molar-refractivity contribution >= 4 is 17.3 Å². The Bertz CT molecular complexity index is 923. The van der Waals surface area contributed by atoms with Crippen LogP contribution in [0.5, 0.6) is 0 Å². The third kappa shape index (κ3) is 4.90. The summed E-state index contributed by atoms with van der Waals surface area (Å²) in [6, 6.07) is 5.90. The molecule has 33 heavy (non-hydrogen) atoms. The van der Waals surface area contributed by atoms with Crippen LogP contribution < -0.4 is 5.32 Å². The van der Waals surface area contributed by atoms with Gasteiger partial charge in [0.1, 0.15) is 30.0 Å². The number of methoxy groups -OCH3 is 1. The minimum atomic E-state index is -0.465. The SMILES string of the molecule is COC1C(OC(=O)CNc2ccc([N+](=O)[O-])cc2)CCC2(CO2)C1C1(C)OC1CC=C(C)C. The highest BCUT2D eigenvalue weighted by atomic mass is 16.6. The number of hydrogen-bond donors (Lipinski definition) is 1. The van der Waals surface area contributed by atoms with E-state index in [0.29, 0.717) is 18.7 Å². The van der Waals surface area contributed by atoms with Gasteiger partial charge in [0.2, 0.25) is 0 Å². The van der Waals surface area contributed by atoms with Gasteiger partial charge >= 0.3 is 5.97 Å². The molecule has 1 spiro atoms. The average Bonchev–Trinajstić information content (AvgIpc) is 3.69. The van der Waals surface area contributed by atoms with Gasteiger partial charge in [-0.2, -0.15) is 0 Å². The smallest absolute Gasteiger partial charge is 0.325 e. The van der Waals surface area contributed by atoms with E-state index in [4.69, 9.17) is 18.9 Å². The Morgan fingerprint density at radius 3 is 2.61 bits per heavy atom. The van der Waals surface area contributed by atoms with Crippen molar-refractivity contribution < 1.29 is 28.7 Å². The van der Waals surface area contributed by atoms with E-state index in [0.717, 1.165) is 12.8 Å². The molecule has 3 aliphatic rings. The number of ether oxygens (including phenoxy) is 4. The maximum Gasteiger partial charge on any atom is 0.325 e. The first kappa shape index (κ1) is 23.7. The van der Waals surface area contributed by atoms with E-state index in [1.807, 2.05) is 0 Å². The molecule has 3 fully saturated rings. The second-order valence-corrected chi connectivity index (χ2v) is 9.56. The van der Waals surface area contributed by atoms with Crippen LogP contribution in [0.25, 0.3) is 0 Å². The summed E-state index contributed by atoms with van der Waals surface area (Å²) < 4.78 is 23.8. The van der Waals surface area contributed by atoms with E-state index in [2.05, 4.69) is 32.2 Å². The molecule has 2 heterocycles. The summed E-state index contributed by atoms with van der Waals surface area (Å²) in [5.74, 6) is -0.436. The number of nitrogens with one attached hydrogen (secondary N) is 1. The summed E-state index contributed by atoms with van der Waals surface area (Å²) in [7, 11) is 1.64. The topological polar surface area (TPSA) is 116 Å². The van der Waals surface area contributed by atoms with Gasteiger partial charge in [0.25, 0.3) is 5.69 Å². The van der Waals surface area contributed by atoms with Gasteiger partial charge in [-0.1, -0.05) is 11.6 Å². The van der Waals surface area contributed by atoms with Gasteiger partial charge in [-0.15, -0.1) is 0 Å². The van der Waals surface area contributed by atoms with Crippen molar-refractivity contribution in [2.45, 2.75) is 69.5 Å². The minimum absolute atomic E-state index is 0.00536. The molecule has 0 radical (unpaired) electrons. The van der Waals surface area contributed by atoms with Crippen LogP contribution in [0, 0.1) is 16.0 Å². The predicted molar refractivity (Wildman–Crippen MR) is 121 cm³/mol. The molecule has 1 aromatic rings. The monoisotopic (exact) mass is 460 g/mol. The van der Waals surface area contributed by atoms with Gasteiger partial charge in [0, 0.05) is 24.9 Å². The zero-order valence-corrected chi connectivity index (χ0v) is 19.5. The van der Waals surface area contributed by atoms with Crippen molar-refractivity contribution in [2.24, 2.45) is 5.92 Å². The molecule has 6 unspecified atom stereocenters. The van der Waals surface area contributed by atoms with Crippen LogP contribution in [-0.2, 0) is 23.7 Å². The first-order valence-electron chi connectivity index (χ1n) is 11.3. The summed E-state index contributed by atoms with van der Waals surface area (Å²) in [6.45, 7) is 6.88. The number of hydrogen-bond acceptors (Lipinski definition) is 8. The molecule has 0 amide bonds. The van der Waals surface area contributed by atoms with Crippen LogP contribution in [0.15, 0.2) is 35.9 Å². The van der Waals surface area contributed by atoms with Gasteiger partial charge in [-0.05, 0) is 52.2 Å². The fraction of sp³-hybridized carbons (Fsp3) is 0.625. The number of anilines is 1. The van der Waals surface area contributed by atoms with Crippen molar-refractivity contribution in [3.63, 3.8) is 0 Å². The van der Waals surface area contributed by atoms with Gasteiger partial charge in [0.15, 0.2) is 0 Å². The average molecular weight is 461 g/mol. The number of nitro benzene ring substituents is 1. The lowest BCUT2D eigenvalue weighted by Gasteiger charge is -2.42. The lowest BCUT2D eigenvalue weighted by Crippen LogP contribution is -2.55. The Hall–Kier alpha value is -2.49. The molecule has 1 N–H and O–H groups in total. The molecule has 0 bridgehead atoms. The quantitative estimate of drug-likeness (QED) is 0.195. The second-order valence-electron chi connectivity index (χ2n) is 9.56. The largest absolute Gasteiger partial charge is 0.458 e. The zero-order chi connectivity index (χ0) is 23.8. The van der Waals surface area contributed by atoms with Crippen molar-refractivity contribution in [3.05, 3.63) is 46.0 Å². The molecule has 9 heteroatoms. The van der Waals surface area contributed by atoms with Gasteiger partial charge < -0.3 is 24.3 Å². The second kappa shape index (κ2) is 9.04. The Morgan fingerprint density at radius 2 is 2.03 bits per heavy atom. The number of carbonyl (C=O) groups excluding carboxylic acids is 1. The summed E-state index contributed by atoms with van der Waals surface area (Å²) >= 11 is 0. The Morgan fingerprint density at radius 1 is 1.33 bits per heavy atom. The van der Waals surface area contributed by atoms with E-state index >= 15 is 0 Å². The number of nitro groups is 1. The van der Waals surface area contributed by atoms with E-state index in [1.165, 1.54) is 17.7 Å².